The predicted octanol–water partition coefficient (Wildman–Crippen LogP) is 8.24. The van der Waals surface area contributed by atoms with Gasteiger partial charge in [-0.15, -0.1) is 10.2 Å². The number of nitrogens with zero attached hydrogens (tertiary/aromatic N) is 4. The van der Waals surface area contributed by atoms with E-state index in [0.29, 0.717) is 27.1 Å². The lowest BCUT2D eigenvalue weighted by atomic mass is 10.1. The lowest BCUT2D eigenvalue weighted by Gasteiger charge is -2.18. The largest absolute Gasteiger partial charge is 0.497 e. The number of methoxy groups -OCH3 is 1. The molecule has 12 heteroatoms. The van der Waals surface area contributed by atoms with E-state index in [9.17, 15) is 8.78 Å². The van der Waals surface area contributed by atoms with Gasteiger partial charge >= 0.3 is 0 Å². The summed E-state index contributed by atoms with van der Waals surface area (Å²) in [5.41, 5.74) is 1.68. The molecule has 1 aliphatic rings. The molecular formula is C24H12Cl4F2N4OS. The minimum absolute atomic E-state index is 0.123. The summed E-state index contributed by atoms with van der Waals surface area (Å²) in [5, 5.41) is 13.5. The van der Waals surface area contributed by atoms with Crippen molar-refractivity contribution in [1.82, 2.24) is 14.9 Å². The minimum atomic E-state index is -0.677. The highest BCUT2D eigenvalue weighted by molar-refractivity contribution is 8.04. The Hall–Kier alpha value is -2.62. The average molecular weight is 584 g/mol. The third-order valence-electron chi connectivity index (χ3n) is 5.18. The van der Waals surface area contributed by atoms with E-state index in [1.165, 1.54) is 34.6 Å². The summed E-state index contributed by atoms with van der Waals surface area (Å²) in [6.07, 6.45) is 1.85. The first-order chi connectivity index (χ1) is 17.2. The van der Waals surface area contributed by atoms with Gasteiger partial charge in [0.2, 0.25) is 5.16 Å². The smallest absolute Gasteiger partial charge is 0.217 e. The van der Waals surface area contributed by atoms with Crippen LogP contribution in [-0.2, 0) is 0 Å². The normalized spacial score (nSPS) is 14.1. The zero-order chi connectivity index (χ0) is 25.6. The van der Waals surface area contributed by atoms with Gasteiger partial charge in [-0.05, 0) is 59.8 Å². The molecule has 0 unspecified atom stereocenters. The van der Waals surface area contributed by atoms with E-state index in [-0.39, 0.29) is 31.5 Å². The van der Waals surface area contributed by atoms with Crippen molar-refractivity contribution >= 4 is 70.0 Å². The van der Waals surface area contributed by atoms with Crippen LogP contribution in [0.1, 0.15) is 11.1 Å². The predicted molar refractivity (Wildman–Crippen MR) is 141 cm³/mol. The Labute approximate surface area is 228 Å². The molecule has 182 valence electrons. The molecule has 5 rings (SSSR count). The van der Waals surface area contributed by atoms with Gasteiger partial charge in [-0.25, -0.2) is 8.78 Å². The molecule has 0 saturated carbocycles. The molecule has 0 amide bonds. The molecule has 0 saturated heterocycles. The fourth-order valence-electron chi connectivity index (χ4n) is 3.42. The van der Waals surface area contributed by atoms with E-state index in [2.05, 4.69) is 15.3 Å². The Kier molecular flexibility index (Phi) is 6.98. The number of hydrogen-bond donors (Lipinski definition) is 0. The van der Waals surface area contributed by atoms with Gasteiger partial charge in [0.05, 0.1) is 27.2 Å². The molecule has 4 aromatic rings. The van der Waals surface area contributed by atoms with E-state index in [1.54, 1.807) is 7.11 Å². The fourth-order valence-corrected chi connectivity index (χ4v) is 5.29. The number of fused-ring (bicyclic) bond motifs is 1. The standard InChI is InChI=1S/C24H12Cl4F2N4OS/c1-35-12-4-2-11(3-5-12)6-21-22(13-7-19(29)17(27)9-15(13)25)33-34-23(31-32-24(34)36-21)14-8-20(30)18(28)10-16(14)26/h2-10H,1H3/b21-6-. The Morgan fingerprint density at radius 1 is 0.833 bits per heavy atom. The van der Waals surface area contributed by atoms with Crippen LogP contribution in [0.15, 0.2) is 63.7 Å². The van der Waals surface area contributed by atoms with Gasteiger partial charge in [-0.3, -0.25) is 0 Å². The SMILES string of the molecule is COc1ccc(/C=C2\Sc3nnc(-c4cc(F)c(Cl)cc4Cl)n3N=C2c2cc(F)c(Cl)cc2Cl)cc1. The molecule has 0 spiro atoms. The first-order valence-corrected chi connectivity index (χ1v) is 12.5. The van der Waals surface area contributed by atoms with Crippen LogP contribution in [0.2, 0.25) is 20.1 Å². The van der Waals surface area contributed by atoms with Gasteiger partial charge in [-0.1, -0.05) is 58.5 Å². The second-order valence-corrected chi connectivity index (χ2v) is 10.1. The molecule has 5 nitrogen and oxygen atoms in total. The summed E-state index contributed by atoms with van der Waals surface area (Å²) in [6, 6.07) is 12.3. The summed E-state index contributed by atoms with van der Waals surface area (Å²) >= 11 is 25.8. The van der Waals surface area contributed by atoms with Crippen LogP contribution in [0.25, 0.3) is 17.5 Å². The molecule has 0 fully saturated rings. The van der Waals surface area contributed by atoms with E-state index in [4.69, 9.17) is 51.1 Å². The fraction of sp³-hybridized carbons (Fsp3) is 0.0417. The van der Waals surface area contributed by atoms with Crippen LogP contribution in [0.4, 0.5) is 8.78 Å². The van der Waals surface area contributed by atoms with Crippen LogP contribution in [0.5, 0.6) is 5.75 Å². The summed E-state index contributed by atoms with van der Waals surface area (Å²) < 4.78 is 35.3. The van der Waals surface area contributed by atoms with Crippen LogP contribution < -0.4 is 4.74 Å². The molecule has 3 aromatic carbocycles. The monoisotopic (exact) mass is 582 g/mol. The Morgan fingerprint density at radius 3 is 2.08 bits per heavy atom. The maximum Gasteiger partial charge on any atom is 0.217 e. The molecule has 0 aliphatic carbocycles. The Bertz CT molecular complexity index is 1570. The quantitative estimate of drug-likeness (QED) is 0.227. The molecule has 0 N–H and O–H groups in total. The molecule has 0 radical (unpaired) electrons. The number of aromatic nitrogens is 3. The van der Waals surface area contributed by atoms with Gasteiger partial charge in [0, 0.05) is 16.0 Å². The number of halogens is 6. The zero-order valence-corrected chi connectivity index (χ0v) is 21.9. The summed E-state index contributed by atoms with van der Waals surface area (Å²) in [6.45, 7) is 0. The molecule has 36 heavy (non-hydrogen) atoms. The second-order valence-electron chi connectivity index (χ2n) is 7.44. The molecular weight excluding hydrogens is 572 g/mol. The maximum absolute atomic E-state index is 14.5. The van der Waals surface area contributed by atoms with Gasteiger partial charge in [0.1, 0.15) is 23.1 Å². The molecule has 0 atom stereocenters. The second kappa shape index (κ2) is 10.0. The number of rotatable bonds is 4. The molecule has 2 heterocycles. The Balaban J connectivity index is 1.70. The summed E-state index contributed by atoms with van der Waals surface area (Å²) in [4.78, 5) is 0.614. The molecule has 0 bridgehead atoms. The van der Waals surface area contributed by atoms with Crippen molar-refractivity contribution in [3.8, 4) is 17.1 Å². The van der Waals surface area contributed by atoms with Crippen molar-refractivity contribution in [2.24, 2.45) is 5.10 Å². The van der Waals surface area contributed by atoms with Crippen LogP contribution in [0.3, 0.4) is 0 Å². The molecule has 1 aliphatic heterocycles. The summed E-state index contributed by atoms with van der Waals surface area (Å²) in [7, 11) is 1.58. The van der Waals surface area contributed by atoms with Crippen LogP contribution in [0, 0.1) is 11.6 Å². The lowest BCUT2D eigenvalue weighted by Crippen LogP contribution is -2.13. The topological polar surface area (TPSA) is 52.3 Å². The van der Waals surface area contributed by atoms with Crippen molar-refractivity contribution in [3.63, 3.8) is 0 Å². The average Bonchev–Trinajstić information content (AvgIpc) is 3.26. The van der Waals surface area contributed by atoms with E-state index in [0.717, 1.165) is 11.6 Å². The third kappa shape index (κ3) is 4.71. The van der Waals surface area contributed by atoms with Gasteiger partial charge in [0.25, 0.3) is 0 Å². The number of hydrogen-bond acceptors (Lipinski definition) is 5. The van der Waals surface area contributed by atoms with Crippen molar-refractivity contribution < 1.29 is 13.5 Å². The van der Waals surface area contributed by atoms with E-state index >= 15 is 0 Å². The number of thioether (sulfide) groups is 1. The van der Waals surface area contributed by atoms with E-state index < -0.39 is 11.6 Å². The number of benzene rings is 3. The third-order valence-corrected chi connectivity index (χ3v) is 7.35. The van der Waals surface area contributed by atoms with Crippen molar-refractivity contribution in [1.29, 1.82) is 0 Å². The van der Waals surface area contributed by atoms with Crippen molar-refractivity contribution in [2.75, 3.05) is 7.11 Å². The first-order valence-electron chi connectivity index (χ1n) is 10.1. The summed E-state index contributed by atoms with van der Waals surface area (Å²) in [5.74, 6) is -0.472. The number of allylic oxidation sites excluding steroid dienone is 1. The van der Waals surface area contributed by atoms with Gasteiger partial charge < -0.3 is 4.74 Å². The first kappa shape index (κ1) is 25.0. The van der Waals surface area contributed by atoms with Gasteiger partial charge in [-0.2, -0.15) is 9.78 Å². The van der Waals surface area contributed by atoms with Crippen molar-refractivity contribution in [2.45, 2.75) is 5.16 Å². The van der Waals surface area contributed by atoms with Crippen LogP contribution >= 0.6 is 58.2 Å². The highest BCUT2D eigenvalue weighted by Gasteiger charge is 2.28. The van der Waals surface area contributed by atoms with Gasteiger partial charge in [0.15, 0.2) is 5.82 Å². The highest BCUT2D eigenvalue weighted by Crippen LogP contribution is 2.40. The van der Waals surface area contributed by atoms with E-state index in [1.807, 2.05) is 30.3 Å². The number of ether oxygens (including phenoxy) is 1. The minimum Gasteiger partial charge on any atom is -0.497 e. The van der Waals surface area contributed by atoms with Crippen molar-refractivity contribution in [3.05, 3.63) is 96.3 Å². The maximum atomic E-state index is 14.5. The van der Waals surface area contributed by atoms with Crippen LogP contribution in [-0.4, -0.2) is 27.7 Å². The highest BCUT2D eigenvalue weighted by atomic mass is 35.5. The molecule has 1 aromatic heterocycles. The zero-order valence-electron chi connectivity index (χ0n) is 18.1. The lowest BCUT2D eigenvalue weighted by molar-refractivity contribution is 0.415. The Morgan fingerprint density at radius 2 is 1.44 bits per heavy atom.